The topological polar surface area (TPSA) is 73.2 Å². The summed E-state index contributed by atoms with van der Waals surface area (Å²) < 4.78 is 45.3. The lowest BCUT2D eigenvalue weighted by atomic mass is 9.44. The molecule has 2 fully saturated rings. The number of carbonyl (C=O) groups excluding carboxylic acids is 1. The van der Waals surface area contributed by atoms with E-state index in [1.54, 1.807) is 13.1 Å². The minimum Gasteiger partial charge on any atom is -0.504 e. The number of alkyl halides is 3. The third kappa shape index (κ3) is 3.42. The highest BCUT2D eigenvalue weighted by Crippen LogP contribution is 2.69. The van der Waals surface area contributed by atoms with Crippen molar-refractivity contribution in [3.8, 4) is 23.3 Å². The molecule has 210 valence electrons. The van der Waals surface area contributed by atoms with Crippen molar-refractivity contribution in [1.82, 2.24) is 9.80 Å². The number of rotatable bonds is 3. The first-order chi connectivity index (χ1) is 18.9. The molecule has 2 aromatic carbocycles. The molecule has 6 rings (SSSR count). The van der Waals surface area contributed by atoms with Gasteiger partial charge in [-0.15, -0.1) is 6.58 Å². The number of benzene rings is 2. The zero-order valence-electron chi connectivity index (χ0n) is 22.4. The molecule has 1 spiro atoms. The Bertz CT molecular complexity index is 1460. The van der Waals surface area contributed by atoms with Crippen LogP contribution in [0.4, 0.5) is 13.2 Å². The SMILES string of the molecule is C=CCN1CC[C@]23c4c5ccc(O)c4O[C@@]2(C)[C@H](N(C)C(=O)C#Cc2ccc(C(F)(F)F)cc2)CC[C@@]3(O)[C@H]1C5. The maximum atomic E-state index is 13.3. The van der Waals surface area contributed by atoms with Gasteiger partial charge in [-0.3, -0.25) is 9.69 Å². The average molecular weight is 553 g/mol. The van der Waals surface area contributed by atoms with Gasteiger partial charge in [-0.2, -0.15) is 13.2 Å². The normalized spacial score (nSPS) is 31.9. The van der Waals surface area contributed by atoms with Crippen LogP contribution in [0.15, 0.2) is 49.1 Å². The fraction of sp³-hybridized carbons (Fsp3) is 0.452. The highest BCUT2D eigenvalue weighted by atomic mass is 19.4. The summed E-state index contributed by atoms with van der Waals surface area (Å²) in [6.45, 7) is 7.16. The summed E-state index contributed by atoms with van der Waals surface area (Å²) in [5.74, 6) is 5.13. The quantitative estimate of drug-likeness (QED) is 0.445. The number of phenols is 1. The number of halogens is 3. The Morgan fingerprint density at radius 1 is 1.25 bits per heavy atom. The standard InChI is InChI=1S/C31H31F3N2O4/c1-4-16-36-17-15-29-26-20-8-11-22(37)27(26)40-28(29,2)23(13-14-30(29,39)24(36)18-20)35(3)25(38)12-7-19-5-9-21(10-6-19)31(32,33)34/h4-6,8-11,23-24,37,39H,1,13-18H2,2-3H3/t23-,24-,28+,29+,30-/m1/s1. The van der Waals surface area contributed by atoms with E-state index in [4.69, 9.17) is 4.74 Å². The third-order valence-electron chi connectivity index (χ3n) is 9.84. The average Bonchev–Trinajstić information content (AvgIpc) is 3.19. The molecule has 0 radical (unpaired) electrons. The molecule has 2 aliphatic carbocycles. The van der Waals surface area contributed by atoms with E-state index in [0.717, 1.165) is 23.3 Å². The van der Waals surface area contributed by atoms with Crippen LogP contribution in [0.5, 0.6) is 11.5 Å². The van der Waals surface area contributed by atoms with Crippen LogP contribution in [0.3, 0.4) is 0 Å². The first kappa shape index (κ1) is 26.7. The predicted octanol–water partition coefficient (Wildman–Crippen LogP) is 4.02. The number of aliphatic hydroxyl groups is 1. The van der Waals surface area contributed by atoms with Crippen LogP contribution in [-0.2, 0) is 22.8 Å². The van der Waals surface area contributed by atoms with Crippen molar-refractivity contribution in [2.24, 2.45) is 0 Å². The van der Waals surface area contributed by atoms with Gasteiger partial charge < -0.3 is 19.8 Å². The van der Waals surface area contributed by atoms with E-state index in [-0.39, 0.29) is 11.8 Å². The Kier molecular flexibility index (Phi) is 5.85. The molecule has 2 N–H and O–H groups in total. The fourth-order valence-corrected chi connectivity index (χ4v) is 8.11. The number of amides is 1. The first-order valence-electron chi connectivity index (χ1n) is 13.4. The number of phenolic OH excluding ortho intramolecular Hbond substituents is 1. The molecule has 1 amide bonds. The Hall–Kier alpha value is -3.48. The molecule has 2 aliphatic heterocycles. The molecule has 6 nitrogen and oxygen atoms in total. The second-order valence-corrected chi connectivity index (χ2v) is 11.5. The number of hydrogen-bond donors (Lipinski definition) is 2. The van der Waals surface area contributed by atoms with Crippen LogP contribution in [0.25, 0.3) is 0 Å². The van der Waals surface area contributed by atoms with E-state index >= 15 is 0 Å². The molecule has 40 heavy (non-hydrogen) atoms. The number of likely N-dealkylation sites (N-methyl/N-ethyl adjacent to an activating group) is 1. The summed E-state index contributed by atoms with van der Waals surface area (Å²) in [7, 11) is 1.64. The van der Waals surface area contributed by atoms with E-state index in [1.165, 1.54) is 17.0 Å². The summed E-state index contributed by atoms with van der Waals surface area (Å²) in [6, 6.07) is 7.23. The molecule has 2 bridgehead atoms. The van der Waals surface area contributed by atoms with E-state index in [1.807, 2.05) is 19.1 Å². The van der Waals surface area contributed by atoms with E-state index in [0.29, 0.717) is 50.1 Å². The number of aromatic hydroxyl groups is 1. The Morgan fingerprint density at radius 3 is 2.65 bits per heavy atom. The van der Waals surface area contributed by atoms with Gasteiger partial charge in [0.25, 0.3) is 5.91 Å². The summed E-state index contributed by atoms with van der Waals surface area (Å²) in [5.41, 5.74) is -1.70. The summed E-state index contributed by atoms with van der Waals surface area (Å²) in [6.07, 6.45) is -0.547. The van der Waals surface area contributed by atoms with Crippen LogP contribution in [0, 0.1) is 11.8 Å². The first-order valence-corrected chi connectivity index (χ1v) is 13.4. The molecule has 1 saturated heterocycles. The van der Waals surface area contributed by atoms with Crippen LogP contribution in [0.1, 0.15) is 48.4 Å². The fourth-order valence-electron chi connectivity index (χ4n) is 8.11. The van der Waals surface area contributed by atoms with Gasteiger partial charge in [-0.1, -0.05) is 18.1 Å². The molecule has 5 atom stereocenters. The van der Waals surface area contributed by atoms with E-state index in [9.17, 15) is 28.2 Å². The molecule has 2 heterocycles. The minimum atomic E-state index is -4.45. The van der Waals surface area contributed by atoms with Crippen molar-refractivity contribution in [3.63, 3.8) is 0 Å². The van der Waals surface area contributed by atoms with Crippen LogP contribution < -0.4 is 4.74 Å². The van der Waals surface area contributed by atoms with Crippen molar-refractivity contribution < 1.29 is 32.9 Å². The van der Waals surface area contributed by atoms with Crippen LogP contribution in [0.2, 0.25) is 0 Å². The maximum Gasteiger partial charge on any atom is 0.416 e. The van der Waals surface area contributed by atoms with Crippen molar-refractivity contribution in [2.75, 3.05) is 20.1 Å². The lowest BCUT2D eigenvalue weighted by molar-refractivity contribution is -0.227. The van der Waals surface area contributed by atoms with Crippen LogP contribution >= 0.6 is 0 Å². The van der Waals surface area contributed by atoms with Gasteiger partial charge in [0, 0.05) is 43.2 Å². The highest BCUT2D eigenvalue weighted by Gasteiger charge is 2.78. The third-order valence-corrected chi connectivity index (χ3v) is 9.84. The summed E-state index contributed by atoms with van der Waals surface area (Å²) in [4.78, 5) is 17.1. The van der Waals surface area contributed by atoms with Gasteiger partial charge in [0.2, 0.25) is 0 Å². The summed E-state index contributed by atoms with van der Waals surface area (Å²) in [5, 5.41) is 23.4. The van der Waals surface area contributed by atoms with Crippen molar-refractivity contribution >= 4 is 5.91 Å². The molecular weight excluding hydrogens is 521 g/mol. The lowest BCUT2D eigenvalue weighted by Gasteiger charge is -2.67. The smallest absolute Gasteiger partial charge is 0.416 e. The van der Waals surface area contributed by atoms with Gasteiger partial charge in [0.05, 0.1) is 22.6 Å². The van der Waals surface area contributed by atoms with Crippen LogP contribution in [-0.4, -0.2) is 69.3 Å². The molecule has 1 saturated carbocycles. The van der Waals surface area contributed by atoms with Gasteiger partial charge in [-0.25, -0.2) is 0 Å². The summed E-state index contributed by atoms with van der Waals surface area (Å²) >= 11 is 0. The number of piperidine rings is 1. The largest absolute Gasteiger partial charge is 0.504 e. The van der Waals surface area contributed by atoms with E-state index < -0.39 is 40.3 Å². The molecule has 0 unspecified atom stereocenters. The van der Waals surface area contributed by atoms with Gasteiger partial charge in [0.15, 0.2) is 11.5 Å². The van der Waals surface area contributed by atoms with Gasteiger partial charge >= 0.3 is 6.18 Å². The highest BCUT2D eigenvalue weighted by molar-refractivity contribution is 5.94. The number of ether oxygens (including phenoxy) is 1. The van der Waals surface area contributed by atoms with Crippen molar-refractivity contribution in [1.29, 1.82) is 0 Å². The lowest BCUT2D eigenvalue weighted by Crippen LogP contribution is -2.82. The second-order valence-electron chi connectivity index (χ2n) is 11.5. The Balaban J connectivity index is 1.37. The van der Waals surface area contributed by atoms with Gasteiger partial charge in [0.1, 0.15) is 5.60 Å². The monoisotopic (exact) mass is 552 g/mol. The number of carbonyl (C=O) groups is 1. The second kappa shape index (κ2) is 8.76. The maximum absolute atomic E-state index is 13.3. The van der Waals surface area contributed by atoms with Gasteiger partial charge in [-0.05, 0) is 68.5 Å². The number of likely N-dealkylation sites (tertiary alicyclic amines) is 1. The van der Waals surface area contributed by atoms with E-state index in [2.05, 4.69) is 23.3 Å². The molecular formula is C31H31F3N2O4. The minimum absolute atomic E-state index is 0.00731. The zero-order valence-corrected chi connectivity index (χ0v) is 22.4. The molecule has 0 aromatic heterocycles. The zero-order chi connectivity index (χ0) is 28.7. The van der Waals surface area contributed by atoms with Crippen molar-refractivity contribution in [2.45, 2.75) is 67.5 Å². The predicted molar refractivity (Wildman–Crippen MR) is 142 cm³/mol. The molecule has 2 aromatic rings. The Labute approximate surface area is 231 Å². The number of hydrogen-bond acceptors (Lipinski definition) is 5. The Morgan fingerprint density at radius 2 is 1.98 bits per heavy atom. The number of nitrogens with zero attached hydrogens (tertiary/aromatic N) is 2. The molecule has 4 aliphatic rings. The molecule has 9 heteroatoms. The van der Waals surface area contributed by atoms with Crippen molar-refractivity contribution in [3.05, 3.63) is 71.3 Å².